The molecule has 0 saturated carbocycles. The average molecular weight is 363 g/mol. The second-order valence-corrected chi connectivity index (χ2v) is 6.86. The number of amides is 1. The van der Waals surface area contributed by atoms with Gasteiger partial charge in [-0.3, -0.25) is 4.79 Å². The third-order valence-corrected chi connectivity index (χ3v) is 5.16. The maximum atomic E-state index is 12.6. The number of carbonyl (C=O) groups excluding carboxylic acids is 1. The molecular formula is C19H17N5OS. The Balaban J connectivity index is 1.55. The minimum atomic E-state index is -0.148. The van der Waals surface area contributed by atoms with Crippen molar-refractivity contribution in [1.29, 1.82) is 0 Å². The molecule has 1 aromatic carbocycles. The fourth-order valence-electron chi connectivity index (χ4n) is 2.80. The zero-order valence-electron chi connectivity index (χ0n) is 14.4. The zero-order chi connectivity index (χ0) is 18.1. The predicted octanol–water partition coefficient (Wildman–Crippen LogP) is 3.68. The molecule has 0 spiro atoms. The molecule has 1 unspecified atom stereocenters. The van der Waals surface area contributed by atoms with Gasteiger partial charge in [0.25, 0.3) is 5.91 Å². The Hall–Kier alpha value is -3.06. The van der Waals surface area contributed by atoms with Crippen LogP contribution in [0.25, 0.3) is 15.9 Å². The van der Waals surface area contributed by atoms with Gasteiger partial charge in [0.1, 0.15) is 4.83 Å². The first kappa shape index (κ1) is 16.4. The molecule has 0 fully saturated rings. The molecule has 0 aliphatic carbocycles. The van der Waals surface area contributed by atoms with Crippen molar-refractivity contribution in [2.24, 2.45) is 0 Å². The van der Waals surface area contributed by atoms with E-state index in [1.54, 1.807) is 18.7 Å². The lowest BCUT2D eigenvalue weighted by Gasteiger charge is -2.15. The summed E-state index contributed by atoms with van der Waals surface area (Å²) >= 11 is 1.35. The van der Waals surface area contributed by atoms with Crippen LogP contribution in [0.2, 0.25) is 0 Å². The summed E-state index contributed by atoms with van der Waals surface area (Å²) in [5.74, 6) is -0.148. The Labute approximate surface area is 154 Å². The third-order valence-electron chi connectivity index (χ3n) is 4.29. The van der Waals surface area contributed by atoms with Crippen LogP contribution in [0.15, 0.2) is 55.2 Å². The number of pyridine rings is 1. The van der Waals surface area contributed by atoms with Crippen molar-refractivity contribution < 1.29 is 4.79 Å². The molecule has 3 aromatic heterocycles. The summed E-state index contributed by atoms with van der Waals surface area (Å²) in [6.45, 7) is 3.89. The van der Waals surface area contributed by atoms with Gasteiger partial charge in [0.05, 0.1) is 23.6 Å². The molecule has 0 bridgehead atoms. The smallest absolute Gasteiger partial charge is 0.253 e. The summed E-state index contributed by atoms with van der Waals surface area (Å²) < 4.78 is 6.21. The number of carbonyl (C=O) groups is 1. The van der Waals surface area contributed by atoms with Crippen LogP contribution >= 0.6 is 11.5 Å². The van der Waals surface area contributed by atoms with Crippen molar-refractivity contribution in [3.05, 3.63) is 72.1 Å². The van der Waals surface area contributed by atoms with Gasteiger partial charge in [-0.15, -0.1) is 0 Å². The van der Waals surface area contributed by atoms with Crippen molar-refractivity contribution in [2.75, 3.05) is 0 Å². The number of imidazole rings is 1. The first-order chi connectivity index (χ1) is 12.6. The van der Waals surface area contributed by atoms with Crippen LogP contribution in [0.3, 0.4) is 0 Å². The van der Waals surface area contributed by atoms with E-state index < -0.39 is 0 Å². The van der Waals surface area contributed by atoms with E-state index in [1.165, 1.54) is 11.5 Å². The number of nitrogens with zero attached hydrogens (tertiary/aromatic N) is 4. The number of fused-ring (bicyclic) bond motifs is 1. The maximum Gasteiger partial charge on any atom is 0.253 e. The van der Waals surface area contributed by atoms with E-state index in [-0.39, 0.29) is 11.9 Å². The molecule has 1 N–H and O–H groups in total. The normalized spacial score (nSPS) is 12.2. The molecule has 130 valence electrons. The van der Waals surface area contributed by atoms with Crippen LogP contribution in [0.4, 0.5) is 0 Å². The highest BCUT2D eigenvalue weighted by Crippen LogP contribution is 2.22. The first-order valence-corrected chi connectivity index (χ1v) is 9.00. The monoisotopic (exact) mass is 363 g/mol. The van der Waals surface area contributed by atoms with Gasteiger partial charge in [-0.2, -0.15) is 4.37 Å². The summed E-state index contributed by atoms with van der Waals surface area (Å²) in [6, 6.07) is 9.74. The van der Waals surface area contributed by atoms with Crippen LogP contribution in [0.1, 0.15) is 34.6 Å². The van der Waals surface area contributed by atoms with Gasteiger partial charge in [0.15, 0.2) is 0 Å². The Bertz CT molecular complexity index is 1070. The van der Waals surface area contributed by atoms with Crippen molar-refractivity contribution in [3.8, 4) is 5.69 Å². The van der Waals surface area contributed by atoms with E-state index in [0.717, 1.165) is 27.2 Å². The summed E-state index contributed by atoms with van der Waals surface area (Å²) in [5, 5.41) is 3.97. The largest absolute Gasteiger partial charge is 0.345 e. The van der Waals surface area contributed by atoms with Crippen molar-refractivity contribution in [3.63, 3.8) is 0 Å². The maximum absolute atomic E-state index is 12.6. The van der Waals surface area contributed by atoms with Crippen LogP contribution in [-0.2, 0) is 0 Å². The number of hydrogen-bond acceptors (Lipinski definition) is 5. The van der Waals surface area contributed by atoms with Gasteiger partial charge in [0, 0.05) is 29.7 Å². The highest BCUT2D eigenvalue weighted by molar-refractivity contribution is 7.12. The Morgan fingerprint density at radius 3 is 3.00 bits per heavy atom. The Morgan fingerprint density at radius 2 is 2.19 bits per heavy atom. The molecule has 3 heterocycles. The van der Waals surface area contributed by atoms with Gasteiger partial charge in [0.2, 0.25) is 0 Å². The summed E-state index contributed by atoms with van der Waals surface area (Å²) in [5.41, 5.74) is 3.46. The van der Waals surface area contributed by atoms with Gasteiger partial charge in [-0.05, 0) is 49.1 Å². The summed E-state index contributed by atoms with van der Waals surface area (Å²) in [6.07, 6.45) is 6.98. The van der Waals surface area contributed by atoms with E-state index in [9.17, 15) is 4.79 Å². The third kappa shape index (κ3) is 3.09. The molecule has 26 heavy (non-hydrogen) atoms. The summed E-state index contributed by atoms with van der Waals surface area (Å²) in [7, 11) is 0. The highest BCUT2D eigenvalue weighted by Gasteiger charge is 2.14. The fourth-order valence-corrected chi connectivity index (χ4v) is 3.53. The molecular weight excluding hydrogens is 346 g/mol. The second-order valence-electron chi connectivity index (χ2n) is 6.10. The van der Waals surface area contributed by atoms with E-state index >= 15 is 0 Å². The SMILES string of the molecule is Cc1nsc2ncc(C(=O)NC(C)c3cccc(-n4ccnc4)c3)cc12. The molecule has 0 aliphatic heterocycles. The van der Waals surface area contributed by atoms with Crippen molar-refractivity contribution >= 4 is 27.7 Å². The second kappa shape index (κ2) is 6.68. The number of aryl methyl sites for hydroxylation is 1. The van der Waals surface area contributed by atoms with E-state index in [4.69, 9.17) is 0 Å². The quantitative estimate of drug-likeness (QED) is 0.600. The number of nitrogens with one attached hydrogen (secondary N) is 1. The lowest BCUT2D eigenvalue weighted by Crippen LogP contribution is -2.26. The van der Waals surface area contributed by atoms with Crippen LogP contribution in [0, 0.1) is 6.92 Å². The van der Waals surface area contributed by atoms with Gasteiger partial charge >= 0.3 is 0 Å². The molecule has 1 amide bonds. The molecule has 0 saturated heterocycles. The Kier molecular flexibility index (Phi) is 4.22. The van der Waals surface area contributed by atoms with E-state index in [2.05, 4.69) is 19.7 Å². The molecule has 4 rings (SSSR count). The number of aromatic nitrogens is 4. The van der Waals surface area contributed by atoms with Crippen LogP contribution in [-0.4, -0.2) is 24.8 Å². The Morgan fingerprint density at radius 1 is 1.31 bits per heavy atom. The number of benzene rings is 1. The number of hydrogen-bond donors (Lipinski definition) is 1. The van der Waals surface area contributed by atoms with Crippen molar-refractivity contribution in [2.45, 2.75) is 19.9 Å². The minimum Gasteiger partial charge on any atom is -0.345 e. The molecule has 0 aliphatic rings. The topological polar surface area (TPSA) is 72.7 Å². The standard InChI is InChI=1S/C19H17N5OS/c1-12(14-4-3-5-16(8-14)24-7-6-20-11-24)22-18(25)15-9-17-13(2)23-26-19(17)21-10-15/h3-12H,1-2H3,(H,22,25). The van der Waals surface area contributed by atoms with Crippen molar-refractivity contribution in [1.82, 2.24) is 24.2 Å². The molecule has 7 heteroatoms. The summed E-state index contributed by atoms with van der Waals surface area (Å²) in [4.78, 5) is 21.9. The lowest BCUT2D eigenvalue weighted by atomic mass is 10.1. The zero-order valence-corrected chi connectivity index (χ0v) is 15.2. The van der Waals surface area contributed by atoms with Crippen LogP contribution < -0.4 is 5.32 Å². The molecule has 1 atom stereocenters. The highest BCUT2D eigenvalue weighted by atomic mass is 32.1. The average Bonchev–Trinajstić information content (AvgIpc) is 3.32. The first-order valence-electron chi connectivity index (χ1n) is 8.23. The van der Waals surface area contributed by atoms with Gasteiger partial charge < -0.3 is 9.88 Å². The predicted molar refractivity (Wildman–Crippen MR) is 102 cm³/mol. The lowest BCUT2D eigenvalue weighted by molar-refractivity contribution is 0.0939. The van der Waals surface area contributed by atoms with E-state index in [1.807, 2.05) is 54.9 Å². The molecule has 6 nitrogen and oxygen atoms in total. The number of rotatable bonds is 4. The van der Waals surface area contributed by atoms with Gasteiger partial charge in [-0.1, -0.05) is 12.1 Å². The minimum absolute atomic E-state index is 0.136. The van der Waals surface area contributed by atoms with E-state index in [0.29, 0.717) is 5.56 Å². The van der Waals surface area contributed by atoms with Crippen LogP contribution in [0.5, 0.6) is 0 Å². The molecule has 4 aromatic rings. The molecule has 0 radical (unpaired) electrons. The fraction of sp³-hybridized carbons (Fsp3) is 0.158. The van der Waals surface area contributed by atoms with Gasteiger partial charge in [-0.25, -0.2) is 9.97 Å².